The van der Waals surface area contributed by atoms with Crippen LogP contribution in [0, 0.1) is 33.5 Å². The average molecular weight is 1940 g/mol. The van der Waals surface area contributed by atoms with E-state index >= 15 is 0 Å². The Balaban J connectivity index is 0.000000341. The number of carbonyl (C=O) groups is 9. The number of nitrogens with zero attached hydrogens (tertiary/aromatic N) is 1. The van der Waals surface area contributed by atoms with Crippen molar-refractivity contribution in [2.24, 2.45) is 33.5 Å². The van der Waals surface area contributed by atoms with E-state index in [2.05, 4.69) is 16.0 Å². The number of hydrogen-bond acceptors (Lipinski definition) is 33. The minimum absolute atomic E-state index is 0. The van der Waals surface area contributed by atoms with E-state index in [9.17, 15) is 82.6 Å². The van der Waals surface area contributed by atoms with Crippen LogP contribution in [-0.2, 0) is 90.3 Å². The van der Waals surface area contributed by atoms with E-state index in [1.165, 1.54) is 26.0 Å². The third kappa shape index (κ3) is 21.6. The molecule has 4 aromatic rings. The number of hydrogen-bond donors (Lipinski definition) is 11. The summed E-state index contributed by atoms with van der Waals surface area (Å²) >= 11 is 0. The molecule has 13 N–H and O–H groups in total. The molecule has 4 aromatic carbocycles. The highest BCUT2D eigenvalue weighted by molar-refractivity contribution is 5.90. The van der Waals surface area contributed by atoms with E-state index in [4.69, 9.17) is 71.4 Å². The normalized spacial score (nSPS) is 32.9. The number of aliphatic hydroxyl groups is 7. The van der Waals surface area contributed by atoms with Gasteiger partial charge in [-0.3, -0.25) is 19.3 Å². The van der Waals surface area contributed by atoms with E-state index in [-0.39, 0.29) is 84.4 Å². The van der Waals surface area contributed by atoms with Crippen LogP contribution < -0.4 is 22.1 Å². The number of fused-ring (bicyclic) bond motifs is 16. The molecule has 4 heterocycles. The van der Waals surface area contributed by atoms with E-state index in [0.29, 0.717) is 46.3 Å². The maximum atomic E-state index is 14.5. The molecule has 26 atom stereocenters. The summed E-state index contributed by atoms with van der Waals surface area (Å²) in [5.74, 6) is -7.98. The largest absolute Gasteiger partial charge is 0.456 e. The predicted molar refractivity (Wildman–Crippen MR) is 491 cm³/mol. The van der Waals surface area contributed by atoms with Gasteiger partial charge in [0.05, 0.1) is 72.7 Å². The Kier molecular flexibility index (Phi) is 36.4. The molecule has 14 rings (SSSR count). The van der Waals surface area contributed by atoms with Crippen LogP contribution in [0.4, 0.5) is 18.4 Å². The molecule has 4 unspecified atom stereocenters. The molecule has 4 saturated heterocycles. The molecule has 758 valence electrons. The van der Waals surface area contributed by atoms with Crippen LogP contribution in [0.1, 0.15) is 189 Å². The number of likely N-dealkylation sites (N-methyl/N-ethyl adjacent to an activating group) is 1. The van der Waals surface area contributed by atoms with Gasteiger partial charge in [-0.1, -0.05) is 146 Å². The number of ether oxygens (including phenoxy) is 14. The molecule has 4 bridgehead atoms. The Bertz CT molecular complexity index is 4890. The average Bonchev–Trinajstić information content (AvgIpc) is 0.847. The van der Waals surface area contributed by atoms with Gasteiger partial charge in [0, 0.05) is 89.4 Å². The number of carbonyl (C=O) groups excluding carboxylic acids is 9. The second-order valence-electron chi connectivity index (χ2n) is 39.2. The lowest BCUT2D eigenvalue weighted by Gasteiger charge is -2.68. The highest BCUT2D eigenvalue weighted by Crippen LogP contribution is 2.70. The zero-order valence-electron chi connectivity index (χ0n) is 79.8. The number of aldehydes is 1. The number of benzene rings is 4. The fourth-order valence-electron chi connectivity index (χ4n) is 21.6. The van der Waals surface area contributed by atoms with Crippen LogP contribution in [0.3, 0.4) is 0 Å². The molecular formula is C98H140ClF2N5O30. The summed E-state index contributed by atoms with van der Waals surface area (Å²) in [6, 6.07) is 30.1. The van der Waals surface area contributed by atoms with Crippen LogP contribution in [0.5, 0.6) is 0 Å². The van der Waals surface area contributed by atoms with Gasteiger partial charge in [0.1, 0.15) is 84.6 Å². The first kappa shape index (κ1) is 112. The molecule has 35 nitrogen and oxygen atoms in total. The summed E-state index contributed by atoms with van der Waals surface area (Å²) in [5.41, 5.74) is -13.0. The Hall–Kier alpha value is -9.10. The van der Waals surface area contributed by atoms with Crippen molar-refractivity contribution in [1.29, 1.82) is 0 Å². The number of amides is 2. The first-order valence-electron chi connectivity index (χ1n) is 44.7. The van der Waals surface area contributed by atoms with Crippen molar-refractivity contribution in [1.82, 2.24) is 27.0 Å². The number of rotatable bonds is 23. The van der Waals surface area contributed by atoms with E-state index in [1.54, 1.807) is 225 Å². The second-order valence-corrected chi connectivity index (χ2v) is 39.2. The third-order valence-electron chi connectivity index (χ3n) is 28.0. The standard InChI is InChI=1S/C48H63FN2O14.C45H55NO15.C3H8FN.CH4O.CH4.ClH.H3N.H2/c1-26-30(60-42(56)36(54)35(28-16-12-10-13-17-28)50-43(57)65-44(3,4)5)23-48(58)40(63-41(55)29-18-14-11-15-19-29)38-46(8,31(53)22-32-47(38,25-59-32)64-27(2)52)39-37(34(26)45(48,6)7)61-33(62-39)24-51(9)21-20-49;1-23-27(56-39(52)33(50)32(25-15-11-9-12-16-25)46-40(53)61-41(3,4)5)20-45(54)37(59-38(51)26-17-13-10-14-18-26)35-43(8,28(49)19-29-44(35,22-55-29)60-24(2)48)36-34(31(23)42(45,6)7)57-30(21-47)58-36;1-5-3-2-4;1-2;;;;/h10-19,30-33,35-40,53-54,58H,20-25H2,1-9H3,(H,50,57);9-18,21,27-30,32-37,49-50,54H,19-20,22H2,1-8H3,(H,46,53);5H,2-3H2,1H3;2H,1H3;1H4;1H;1H3;1H/t30-,31-,32?,33?,35-,36+,37+,38-,39+,40-,46+,47-,48+;27-,28-,29?,30?,32-,33+,34+,35-,36+,37-,43+,44-,45+;;;;;;/m00....../s1. The lowest BCUT2D eigenvalue weighted by molar-refractivity contribution is -0.362. The number of nitrogens with one attached hydrogen (secondary N) is 3. The quantitative estimate of drug-likeness (QED) is 0.0142. The fourth-order valence-corrected chi connectivity index (χ4v) is 21.6. The first-order chi connectivity index (χ1) is 62.5. The molecule has 6 aliphatic carbocycles. The molecule has 0 spiro atoms. The van der Waals surface area contributed by atoms with Gasteiger partial charge >= 0.3 is 48.0 Å². The first-order valence-corrected chi connectivity index (χ1v) is 44.7. The summed E-state index contributed by atoms with van der Waals surface area (Å²) in [6.07, 6.45) is -23.8. The van der Waals surface area contributed by atoms with Crippen LogP contribution in [-0.4, -0.2) is 294 Å². The minimum Gasteiger partial charge on any atom is -0.456 e. The smallest absolute Gasteiger partial charge is 0.408 e. The Labute approximate surface area is 799 Å². The Morgan fingerprint density at radius 1 is 0.566 bits per heavy atom. The molecule has 4 aliphatic heterocycles. The molecule has 38 heteroatoms. The third-order valence-corrected chi connectivity index (χ3v) is 28.0. The van der Waals surface area contributed by atoms with E-state index in [1.807, 2.05) is 0 Å². The van der Waals surface area contributed by atoms with Gasteiger partial charge in [-0.05, 0) is 127 Å². The van der Waals surface area contributed by atoms with Crippen molar-refractivity contribution in [3.63, 3.8) is 0 Å². The topological polar surface area (TPSA) is 499 Å². The highest BCUT2D eigenvalue weighted by Gasteiger charge is 2.82. The van der Waals surface area contributed by atoms with Gasteiger partial charge in [0.2, 0.25) is 6.29 Å². The second kappa shape index (κ2) is 44.2. The molecule has 136 heavy (non-hydrogen) atoms. The van der Waals surface area contributed by atoms with Gasteiger partial charge in [0.15, 0.2) is 36.0 Å². The SMILES string of the molecule is C.CC(=O)O[C@@]12COC1C[C@H](O)[C@@]1(C)[C@@H]3OC(C=O)O[C@@H]3C3=C(C)[C@@H](OC(=O)[C@H](O)[C@@H](NC(=O)OC(C)(C)C)c4ccccc4)C[C@@](O)([C@@H](OC(=O)c4ccccc4)[C@@H]12)C3(C)C.CC(=O)O[C@@]12COC1C[C@H](O)[C@@]1(C)[C@@H]3OC(CN(C)CCF)O[C@@H]3C3=C(C)[C@@H](OC(=O)[C@H](O)[C@@H](NC(=O)OC(C)(C)C)c4ccccc4)C[C@@](O)([C@@H](OC(=O)c4ccccc4)[C@@H]12)C3(C)C.CNCCF.CO.Cl.N.[HH]. The van der Waals surface area contributed by atoms with Crippen molar-refractivity contribution in [2.75, 3.05) is 67.4 Å². The van der Waals surface area contributed by atoms with Gasteiger partial charge in [-0.2, -0.15) is 0 Å². The van der Waals surface area contributed by atoms with Crippen molar-refractivity contribution >= 4 is 66.7 Å². The highest BCUT2D eigenvalue weighted by atomic mass is 35.5. The Morgan fingerprint density at radius 2 is 0.926 bits per heavy atom. The number of alkyl halides is 2. The number of alkyl carbamates (subject to hydrolysis) is 2. The summed E-state index contributed by atoms with van der Waals surface area (Å²) in [4.78, 5) is 124. The van der Waals surface area contributed by atoms with Gasteiger partial charge < -0.3 is 124 Å². The maximum Gasteiger partial charge on any atom is 0.408 e. The van der Waals surface area contributed by atoms with Gasteiger partial charge in [0.25, 0.3) is 0 Å². The van der Waals surface area contributed by atoms with Crippen LogP contribution >= 0.6 is 12.4 Å². The molecule has 2 amide bonds. The molecule has 8 fully saturated rings. The van der Waals surface area contributed by atoms with Gasteiger partial charge in [-0.25, -0.2) is 37.5 Å². The number of halogens is 3. The zero-order valence-corrected chi connectivity index (χ0v) is 80.6. The summed E-state index contributed by atoms with van der Waals surface area (Å²) in [6.45, 7) is 25.4. The van der Waals surface area contributed by atoms with Crippen LogP contribution in [0.2, 0.25) is 0 Å². The maximum absolute atomic E-state index is 14.5. The summed E-state index contributed by atoms with van der Waals surface area (Å²) < 4.78 is 112. The number of esters is 6. The van der Waals surface area contributed by atoms with Crippen LogP contribution in [0.15, 0.2) is 144 Å². The predicted octanol–water partition coefficient (Wildman–Crippen LogP) is 9.23. The van der Waals surface area contributed by atoms with Crippen molar-refractivity contribution in [2.45, 2.75) is 288 Å². The van der Waals surface area contributed by atoms with E-state index in [0.717, 1.165) is 7.11 Å². The zero-order chi connectivity index (χ0) is 98.0. The molecule has 4 saturated carbocycles. The molecule has 0 aromatic heterocycles. The number of aliphatic hydroxyl groups excluding tert-OH is 5. The molecule has 10 aliphatic rings. The van der Waals surface area contributed by atoms with Gasteiger partial charge in [-0.15, -0.1) is 12.4 Å². The monoisotopic (exact) mass is 1940 g/mol. The lowest BCUT2D eigenvalue weighted by atomic mass is 9.44. The molecule has 0 radical (unpaired) electrons. The Morgan fingerprint density at radius 3 is 1.24 bits per heavy atom. The molecular weight excluding hydrogens is 1800 g/mol. The summed E-state index contributed by atoms with van der Waals surface area (Å²) in [7, 11) is 4.42. The lowest BCUT2D eigenvalue weighted by Crippen LogP contribution is -2.82. The van der Waals surface area contributed by atoms with Crippen molar-refractivity contribution in [3.8, 4) is 0 Å². The minimum atomic E-state index is -2.25. The van der Waals surface area contributed by atoms with Crippen molar-refractivity contribution in [3.05, 3.63) is 166 Å². The van der Waals surface area contributed by atoms with Crippen LogP contribution in [0.25, 0.3) is 0 Å². The van der Waals surface area contributed by atoms with Crippen molar-refractivity contribution < 1.29 is 155 Å². The fraction of sp³-hybridized carbons (Fsp3) is 0.622. The summed E-state index contributed by atoms with van der Waals surface area (Å²) in [5, 5.41) is 90.7. The van der Waals surface area contributed by atoms with E-state index < -0.39 is 245 Å².